The molecule has 2 aliphatic heterocycles. The topological polar surface area (TPSA) is 45.0 Å². The number of nitrogens with zero attached hydrogens (tertiary/aromatic N) is 1. The second kappa shape index (κ2) is 5.37. The molecular weight excluding hydrogens is 212 g/mol. The molecule has 0 amide bonds. The van der Waals surface area contributed by atoms with E-state index >= 15 is 0 Å². The molecule has 0 saturated carbocycles. The molecule has 17 heavy (non-hydrogen) atoms. The van der Waals surface area contributed by atoms with Gasteiger partial charge in [-0.1, -0.05) is 13.8 Å². The van der Waals surface area contributed by atoms with Crippen LogP contribution in [0.3, 0.4) is 0 Å². The fraction of sp³-hybridized carbons (Fsp3) is 0.929. The first-order valence-electron chi connectivity index (χ1n) is 6.84. The number of ether oxygens (including phenoxy) is 1. The zero-order chi connectivity index (χ0) is 12.3. The van der Waals surface area contributed by atoms with Crippen molar-refractivity contribution in [3.05, 3.63) is 0 Å². The Bertz CT molecular complexity index is 295. The van der Waals surface area contributed by atoms with Crippen molar-refractivity contribution in [2.75, 3.05) is 13.1 Å². The third-order valence-corrected chi connectivity index (χ3v) is 4.16. The van der Waals surface area contributed by atoms with E-state index in [-0.39, 0.29) is 5.41 Å². The van der Waals surface area contributed by atoms with E-state index in [1.807, 2.05) is 0 Å². The maximum Gasteiger partial charge on any atom is 0.0621 e. The zero-order valence-electron chi connectivity index (χ0n) is 11.0. The van der Waals surface area contributed by atoms with Crippen molar-refractivity contribution >= 4 is 0 Å². The standard InChI is InChI=1S/C14H24N2O/c1-14(2,6-3-7-15)10-16-9-11-8-12-4-5-13(11)17-12/h11-13,16H,3-6,8-10H2,1-2H3. The van der Waals surface area contributed by atoms with Gasteiger partial charge in [0.05, 0.1) is 18.3 Å². The third-order valence-electron chi connectivity index (χ3n) is 4.16. The van der Waals surface area contributed by atoms with Gasteiger partial charge >= 0.3 is 0 Å². The van der Waals surface area contributed by atoms with Gasteiger partial charge in [0.25, 0.3) is 0 Å². The lowest BCUT2D eigenvalue weighted by atomic mass is 9.86. The van der Waals surface area contributed by atoms with E-state index in [9.17, 15) is 0 Å². The van der Waals surface area contributed by atoms with Crippen LogP contribution in [-0.2, 0) is 4.74 Å². The van der Waals surface area contributed by atoms with Crippen molar-refractivity contribution in [2.45, 2.75) is 58.2 Å². The van der Waals surface area contributed by atoms with Crippen LogP contribution in [-0.4, -0.2) is 25.3 Å². The quantitative estimate of drug-likeness (QED) is 0.770. The Morgan fingerprint density at radius 2 is 2.24 bits per heavy atom. The third kappa shape index (κ3) is 3.43. The van der Waals surface area contributed by atoms with Gasteiger partial charge in [-0.15, -0.1) is 0 Å². The molecular formula is C14H24N2O. The first-order chi connectivity index (χ1) is 8.11. The van der Waals surface area contributed by atoms with Crippen molar-refractivity contribution in [1.82, 2.24) is 5.32 Å². The molecule has 2 heterocycles. The van der Waals surface area contributed by atoms with Gasteiger partial charge in [0.2, 0.25) is 0 Å². The fourth-order valence-electron chi connectivity index (χ4n) is 3.04. The first-order valence-corrected chi connectivity index (χ1v) is 6.84. The van der Waals surface area contributed by atoms with Crippen LogP contribution >= 0.6 is 0 Å². The minimum Gasteiger partial charge on any atom is -0.375 e. The average molecular weight is 236 g/mol. The Hall–Kier alpha value is -0.590. The summed E-state index contributed by atoms with van der Waals surface area (Å²) < 4.78 is 5.85. The average Bonchev–Trinajstić information content (AvgIpc) is 2.88. The van der Waals surface area contributed by atoms with E-state index in [0.717, 1.165) is 25.4 Å². The predicted molar refractivity (Wildman–Crippen MR) is 67.5 cm³/mol. The number of hydrogen-bond donors (Lipinski definition) is 1. The lowest BCUT2D eigenvalue weighted by Crippen LogP contribution is -2.35. The Balaban J connectivity index is 1.64. The first kappa shape index (κ1) is 12.9. The maximum atomic E-state index is 8.61. The molecule has 0 aromatic carbocycles. The SMILES string of the molecule is CC(C)(CCC#N)CNCC1CC2CCC1O2. The maximum absolute atomic E-state index is 8.61. The minimum atomic E-state index is 0.230. The lowest BCUT2D eigenvalue weighted by molar-refractivity contribution is 0.0919. The number of nitrogens with one attached hydrogen (secondary N) is 1. The predicted octanol–water partition coefficient (Wildman–Crippen LogP) is 2.47. The van der Waals surface area contributed by atoms with Crippen molar-refractivity contribution in [3.8, 4) is 6.07 Å². The highest BCUT2D eigenvalue weighted by atomic mass is 16.5. The smallest absolute Gasteiger partial charge is 0.0621 e. The largest absolute Gasteiger partial charge is 0.375 e. The molecule has 2 bridgehead atoms. The van der Waals surface area contributed by atoms with E-state index in [1.54, 1.807) is 0 Å². The minimum absolute atomic E-state index is 0.230. The highest BCUT2D eigenvalue weighted by Gasteiger charge is 2.40. The summed E-state index contributed by atoms with van der Waals surface area (Å²) in [5.41, 5.74) is 0.230. The molecule has 2 fully saturated rings. The molecule has 0 aliphatic carbocycles. The highest BCUT2D eigenvalue weighted by Crippen LogP contribution is 2.38. The monoisotopic (exact) mass is 236 g/mol. The van der Waals surface area contributed by atoms with Crippen LogP contribution in [0.2, 0.25) is 0 Å². The number of rotatable bonds is 6. The number of fused-ring (bicyclic) bond motifs is 2. The van der Waals surface area contributed by atoms with Gasteiger partial charge in [0.1, 0.15) is 0 Å². The van der Waals surface area contributed by atoms with Gasteiger partial charge in [0, 0.05) is 25.4 Å². The van der Waals surface area contributed by atoms with Gasteiger partial charge in [-0.2, -0.15) is 5.26 Å². The molecule has 3 unspecified atom stereocenters. The molecule has 2 aliphatic rings. The molecule has 0 spiro atoms. The van der Waals surface area contributed by atoms with Crippen LogP contribution in [0, 0.1) is 22.7 Å². The molecule has 1 N–H and O–H groups in total. The van der Waals surface area contributed by atoms with Crippen molar-refractivity contribution in [1.29, 1.82) is 5.26 Å². The van der Waals surface area contributed by atoms with Gasteiger partial charge in [-0.25, -0.2) is 0 Å². The van der Waals surface area contributed by atoms with Gasteiger partial charge < -0.3 is 10.1 Å². The van der Waals surface area contributed by atoms with Crippen molar-refractivity contribution < 1.29 is 4.74 Å². The van der Waals surface area contributed by atoms with Crippen molar-refractivity contribution in [2.24, 2.45) is 11.3 Å². The summed E-state index contributed by atoms with van der Waals surface area (Å²) in [5.74, 6) is 0.723. The Morgan fingerprint density at radius 3 is 2.82 bits per heavy atom. The summed E-state index contributed by atoms with van der Waals surface area (Å²) in [6.45, 7) is 6.54. The Kier molecular flexibility index (Phi) is 4.06. The van der Waals surface area contributed by atoms with Crippen LogP contribution < -0.4 is 5.32 Å². The van der Waals surface area contributed by atoms with Crippen LogP contribution in [0.25, 0.3) is 0 Å². The second-order valence-corrected chi connectivity index (χ2v) is 6.32. The summed E-state index contributed by atoms with van der Waals surface area (Å²) in [6, 6.07) is 2.23. The molecule has 96 valence electrons. The molecule has 0 aromatic rings. The number of nitriles is 1. The fourth-order valence-corrected chi connectivity index (χ4v) is 3.04. The summed E-state index contributed by atoms with van der Waals surface area (Å²) >= 11 is 0. The molecule has 3 heteroatoms. The second-order valence-electron chi connectivity index (χ2n) is 6.32. The molecule has 3 nitrogen and oxygen atoms in total. The Labute approximate surface area is 105 Å². The number of hydrogen-bond acceptors (Lipinski definition) is 3. The molecule has 0 aromatic heterocycles. The summed E-state index contributed by atoms with van der Waals surface area (Å²) in [4.78, 5) is 0. The summed E-state index contributed by atoms with van der Waals surface area (Å²) in [6.07, 6.45) is 6.49. The van der Waals surface area contributed by atoms with Crippen LogP contribution in [0.5, 0.6) is 0 Å². The van der Waals surface area contributed by atoms with Gasteiger partial charge in [-0.3, -0.25) is 0 Å². The summed E-state index contributed by atoms with van der Waals surface area (Å²) in [5, 5.41) is 12.2. The molecule has 3 atom stereocenters. The van der Waals surface area contributed by atoms with E-state index in [0.29, 0.717) is 18.6 Å². The Morgan fingerprint density at radius 1 is 1.41 bits per heavy atom. The molecule has 0 radical (unpaired) electrons. The van der Waals surface area contributed by atoms with E-state index in [1.165, 1.54) is 19.3 Å². The molecule has 2 saturated heterocycles. The highest BCUT2D eigenvalue weighted by molar-refractivity contribution is 4.90. The van der Waals surface area contributed by atoms with E-state index < -0.39 is 0 Å². The van der Waals surface area contributed by atoms with Crippen LogP contribution in [0.4, 0.5) is 0 Å². The summed E-state index contributed by atoms with van der Waals surface area (Å²) in [7, 11) is 0. The van der Waals surface area contributed by atoms with Crippen LogP contribution in [0.15, 0.2) is 0 Å². The van der Waals surface area contributed by atoms with E-state index in [2.05, 4.69) is 25.2 Å². The van der Waals surface area contributed by atoms with Gasteiger partial charge in [0.15, 0.2) is 0 Å². The van der Waals surface area contributed by atoms with Crippen molar-refractivity contribution in [3.63, 3.8) is 0 Å². The normalized spacial score (nSPS) is 31.7. The molecule has 2 rings (SSSR count). The van der Waals surface area contributed by atoms with E-state index in [4.69, 9.17) is 10.00 Å². The lowest BCUT2D eigenvalue weighted by Gasteiger charge is -2.26. The van der Waals surface area contributed by atoms with Gasteiger partial charge in [-0.05, 0) is 31.1 Å². The van der Waals surface area contributed by atoms with Crippen LogP contribution in [0.1, 0.15) is 46.0 Å². The zero-order valence-corrected chi connectivity index (χ0v) is 11.0.